The topological polar surface area (TPSA) is 46.5 Å². The predicted molar refractivity (Wildman–Crippen MR) is 68.0 cm³/mol. The third-order valence-electron chi connectivity index (χ3n) is 2.20. The second-order valence-corrected chi connectivity index (χ2v) is 3.61. The Morgan fingerprint density at radius 3 is 2.94 bits per heavy atom. The Hall–Kier alpha value is -2.10. The number of ether oxygens (including phenoxy) is 1. The third-order valence-corrected chi connectivity index (χ3v) is 2.20. The number of carbonyl (C=O) groups is 1. The molecular weight excluding hydrogens is 235 g/mol. The maximum atomic E-state index is 13.6. The molecule has 0 fully saturated rings. The molecule has 0 atom stereocenters. The van der Waals surface area contributed by atoms with Gasteiger partial charge in [0.25, 0.3) is 0 Å². The van der Waals surface area contributed by atoms with Crippen LogP contribution in [-0.4, -0.2) is 17.7 Å². The van der Waals surface area contributed by atoms with Crippen molar-refractivity contribution >= 4 is 12.0 Å². The smallest absolute Gasteiger partial charge is 0.328 e. The number of allylic oxidation sites excluding steroid dienone is 1. The molecule has 0 aromatic heterocycles. The van der Waals surface area contributed by atoms with E-state index in [-0.39, 0.29) is 5.75 Å². The Morgan fingerprint density at radius 1 is 1.50 bits per heavy atom. The molecule has 1 N–H and O–H groups in total. The Labute approximate surface area is 105 Å². The summed E-state index contributed by atoms with van der Waals surface area (Å²) in [7, 11) is 0. The molecule has 0 aliphatic heterocycles. The Balaban J connectivity index is 2.80. The summed E-state index contributed by atoms with van der Waals surface area (Å²) in [5.41, 5.74) is 0.413. The van der Waals surface area contributed by atoms with Crippen LogP contribution < -0.4 is 4.74 Å². The average molecular weight is 250 g/mol. The molecule has 1 rings (SSSR count). The first-order valence-electron chi connectivity index (χ1n) is 5.58. The lowest BCUT2D eigenvalue weighted by atomic mass is 10.2. The molecule has 0 saturated heterocycles. The normalized spacial score (nSPS) is 10.5. The van der Waals surface area contributed by atoms with Gasteiger partial charge in [-0.3, -0.25) is 0 Å². The van der Waals surface area contributed by atoms with Crippen molar-refractivity contribution in [2.24, 2.45) is 0 Å². The van der Waals surface area contributed by atoms with Gasteiger partial charge in [0, 0.05) is 11.6 Å². The average Bonchev–Trinajstić information content (AvgIpc) is 2.34. The van der Waals surface area contributed by atoms with E-state index in [0.717, 1.165) is 18.9 Å². The maximum absolute atomic E-state index is 13.6. The molecule has 18 heavy (non-hydrogen) atoms. The Kier molecular flexibility index (Phi) is 5.64. The summed E-state index contributed by atoms with van der Waals surface area (Å²) >= 11 is 0. The van der Waals surface area contributed by atoms with Crippen LogP contribution in [0.25, 0.3) is 6.08 Å². The van der Waals surface area contributed by atoms with E-state index in [9.17, 15) is 9.18 Å². The van der Waals surface area contributed by atoms with E-state index in [1.807, 2.05) is 0 Å². The number of halogens is 1. The van der Waals surface area contributed by atoms with E-state index in [4.69, 9.17) is 9.84 Å². The van der Waals surface area contributed by atoms with Crippen LogP contribution in [0.3, 0.4) is 0 Å². The molecule has 1 aromatic rings. The van der Waals surface area contributed by atoms with Crippen molar-refractivity contribution in [3.63, 3.8) is 0 Å². The van der Waals surface area contributed by atoms with Gasteiger partial charge in [0.15, 0.2) is 11.6 Å². The molecular formula is C14H15FO3. The van der Waals surface area contributed by atoms with E-state index in [2.05, 4.69) is 6.58 Å². The van der Waals surface area contributed by atoms with Gasteiger partial charge < -0.3 is 9.84 Å². The molecule has 1 aromatic carbocycles. The molecule has 0 saturated carbocycles. The standard InChI is InChI=1S/C14H15FO3/c1-2-3-4-10-18-14-11(8-9-13(16)17)6-5-7-12(14)15/h2,5-9H,1,3-4,10H2,(H,16,17)/b9-8+. The van der Waals surface area contributed by atoms with Crippen LogP contribution in [0, 0.1) is 5.82 Å². The van der Waals surface area contributed by atoms with E-state index in [1.54, 1.807) is 12.1 Å². The minimum absolute atomic E-state index is 0.0825. The van der Waals surface area contributed by atoms with Gasteiger partial charge in [0.1, 0.15) is 0 Å². The Bertz CT molecular complexity index is 452. The number of rotatable bonds is 7. The maximum Gasteiger partial charge on any atom is 0.328 e. The fraction of sp³-hybridized carbons (Fsp3) is 0.214. The van der Waals surface area contributed by atoms with Crippen LogP contribution in [0.1, 0.15) is 18.4 Å². The molecule has 4 heteroatoms. The summed E-state index contributed by atoms with van der Waals surface area (Å²) in [4.78, 5) is 10.4. The van der Waals surface area contributed by atoms with Gasteiger partial charge in [-0.05, 0) is 25.0 Å². The number of hydrogen-bond donors (Lipinski definition) is 1. The highest BCUT2D eigenvalue weighted by atomic mass is 19.1. The van der Waals surface area contributed by atoms with Gasteiger partial charge >= 0.3 is 5.97 Å². The predicted octanol–water partition coefficient (Wildman–Crippen LogP) is 3.27. The first-order chi connectivity index (χ1) is 8.65. The summed E-state index contributed by atoms with van der Waals surface area (Å²) in [5, 5.41) is 8.55. The van der Waals surface area contributed by atoms with Gasteiger partial charge in [-0.2, -0.15) is 0 Å². The van der Waals surface area contributed by atoms with Crippen LogP contribution in [0.2, 0.25) is 0 Å². The summed E-state index contributed by atoms with van der Waals surface area (Å²) in [6.07, 6.45) is 5.55. The summed E-state index contributed by atoms with van der Waals surface area (Å²) in [6.45, 7) is 3.95. The first-order valence-corrected chi connectivity index (χ1v) is 5.58. The van der Waals surface area contributed by atoms with Crippen LogP contribution in [0.5, 0.6) is 5.75 Å². The number of hydrogen-bond acceptors (Lipinski definition) is 2. The highest BCUT2D eigenvalue weighted by Gasteiger charge is 2.07. The molecule has 0 radical (unpaired) electrons. The molecule has 0 bridgehead atoms. The second-order valence-electron chi connectivity index (χ2n) is 3.61. The van der Waals surface area contributed by atoms with E-state index < -0.39 is 11.8 Å². The van der Waals surface area contributed by atoms with Crippen LogP contribution in [-0.2, 0) is 4.79 Å². The number of carboxylic acid groups (broad SMARTS) is 1. The molecule has 0 aliphatic carbocycles. The number of carboxylic acids is 1. The Morgan fingerprint density at radius 2 is 2.28 bits per heavy atom. The zero-order valence-electron chi connectivity index (χ0n) is 9.93. The van der Waals surface area contributed by atoms with E-state index >= 15 is 0 Å². The number of para-hydroxylation sites is 1. The number of benzene rings is 1. The van der Waals surface area contributed by atoms with Crippen LogP contribution in [0.4, 0.5) is 4.39 Å². The van der Waals surface area contributed by atoms with Gasteiger partial charge in [-0.15, -0.1) is 6.58 Å². The van der Waals surface area contributed by atoms with Crippen molar-refractivity contribution < 1.29 is 19.0 Å². The van der Waals surface area contributed by atoms with Crippen LogP contribution >= 0.6 is 0 Å². The van der Waals surface area contributed by atoms with Crippen molar-refractivity contribution in [3.8, 4) is 5.75 Å². The fourth-order valence-electron chi connectivity index (χ4n) is 1.37. The van der Waals surface area contributed by atoms with Crippen LogP contribution in [0.15, 0.2) is 36.9 Å². The monoisotopic (exact) mass is 250 g/mol. The SMILES string of the molecule is C=CCCCOc1c(F)cccc1/C=C/C(=O)O. The van der Waals surface area contributed by atoms with Crippen molar-refractivity contribution in [2.45, 2.75) is 12.8 Å². The third kappa shape index (κ3) is 4.41. The minimum Gasteiger partial charge on any atom is -0.490 e. The van der Waals surface area contributed by atoms with E-state index in [0.29, 0.717) is 12.2 Å². The molecule has 0 amide bonds. The van der Waals surface area contributed by atoms with Crippen molar-refractivity contribution in [2.75, 3.05) is 6.61 Å². The summed E-state index contributed by atoms with van der Waals surface area (Å²) in [6, 6.07) is 4.39. The molecule has 0 spiro atoms. The van der Waals surface area contributed by atoms with Gasteiger partial charge in [-0.25, -0.2) is 9.18 Å². The number of unbranched alkanes of at least 4 members (excludes halogenated alkanes) is 1. The van der Waals surface area contributed by atoms with Crippen molar-refractivity contribution in [1.82, 2.24) is 0 Å². The lowest BCUT2D eigenvalue weighted by Gasteiger charge is -2.09. The molecule has 0 heterocycles. The first kappa shape index (κ1) is 14.0. The lowest BCUT2D eigenvalue weighted by Crippen LogP contribution is -2.00. The lowest BCUT2D eigenvalue weighted by molar-refractivity contribution is -0.131. The van der Waals surface area contributed by atoms with Gasteiger partial charge in [0.05, 0.1) is 6.61 Å². The van der Waals surface area contributed by atoms with Gasteiger partial charge in [0.2, 0.25) is 0 Å². The number of aliphatic carboxylic acids is 1. The largest absolute Gasteiger partial charge is 0.490 e. The highest BCUT2D eigenvalue weighted by molar-refractivity contribution is 5.85. The van der Waals surface area contributed by atoms with Crippen molar-refractivity contribution in [1.29, 1.82) is 0 Å². The quantitative estimate of drug-likeness (QED) is 0.459. The molecule has 0 aliphatic rings. The van der Waals surface area contributed by atoms with Crippen molar-refractivity contribution in [3.05, 3.63) is 48.3 Å². The second kappa shape index (κ2) is 7.27. The molecule has 3 nitrogen and oxygen atoms in total. The van der Waals surface area contributed by atoms with Gasteiger partial charge in [-0.1, -0.05) is 18.2 Å². The van der Waals surface area contributed by atoms with E-state index in [1.165, 1.54) is 18.2 Å². The minimum atomic E-state index is -1.09. The highest BCUT2D eigenvalue weighted by Crippen LogP contribution is 2.24. The molecule has 0 unspecified atom stereocenters. The zero-order chi connectivity index (χ0) is 13.4. The molecule has 96 valence electrons. The summed E-state index contributed by atoms with van der Waals surface area (Å²) < 4.78 is 18.9. The fourth-order valence-corrected chi connectivity index (χ4v) is 1.37. The summed E-state index contributed by atoms with van der Waals surface area (Å²) in [5.74, 6) is -1.50. The zero-order valence-corrected chi connectivity index (χ0v) is 9.93.